The molecular formula is C21H20ClN3O3. The van der Waals surface area contributed by atoms with E-state index in [1.165, 1.54) is 0 Å². The molecule has 7 heteroatoms. The van der Waals surface area contributed by atoms with Gasteiger partial charge in [0.1, 0.15) is 11.8 Å². The van der Waals surface area contributed by atoms with Crippen LogP contribution in [0, 0.1) is 0 Å². The van der Waals surface area contributed by atoms with Gasteiger partial charge < -0.3 is 14.2 Å². The molecule has 1 aromatic heterocycles. The average molecular weight is 398 g/mol. The number of amides is 1. The normalized spacial score (nSPS) is 16.4. The van der Waals surface area contributed by atoms with Crippen LogP contribution in [0.3, 0.4) is 0 Å². The minimum Gasteiger partial charge on any atom is -0.497 e. The van der Waals surface area contributed by atoms with Gasteiger partial charge in [0, 0.05) is 12.1 Å². The van der Waals surface area contributed by atoms with Crippen LogP contribution in [0.15, 0.2) is 53.1 Å². The van der Waals surface area contributed by atoms with E-state index in [0.29, 0.717) is 35.3 Å². The van der Waals surface area contributed by atoms with Crippen LogP contribution in [-0.2, 0) is 11.2 Å². The lowest BCUT2D eigenvalue weighted by molar-refractivity contribution is -0.131. The molecule has 1 amide bonds. The summed E-state index contributed by atoms with van der Waals surface area (Å²) in [7, 11) is 1.62. The van der Waals surface area contributed by atoms with Gasteiger partial charge >= 0.3 is 0 Å². The van der Waals surface area contributed by atoms with Crippen molar-refractivity contribution < 1.29 is 14.1 Å². The Bertz CT molecular complexity index is 971. The highest BCUT2D eigenvalue weighted by molar-refractivity contribution is 6.33. The molecule has 0 spiro atoms. The Balaban J connectivity index is 1.50. The molecule has 2 aromatic carbocycles. The summed E-state index contributed by atoms with van der Waals surface area (Å²) in [5, 5.41) is 4.63. The van der Waals surface area contributed by atoms with Crippen LogP contribution in [0.25, 0.3) is 11.4 Å². The van der Waals surface area contributed by atoms with Crippen molar-refractivity contribution in [3.8, 4) is 17.1 Å². The fourth-order valence-corrected chi connectivity index (χ4v) is 3.68. The number of aromatic nitrogens is 2. The average Bonchev–Trinajstić information content (AvgIpc) is 3.38. The maximum Gasteiger partial charge on any atom is 0.249 e. The highest BCUT2D eigenvalue weighted by Crippen LogP contribution is 2.33. The Labute approximate surface area is 168 Å². The Hall–Kier alpha value is -2.86. The van der Waals surface area contributed by atoms with E-state index >= 15 is 0 Å². The molecule has 1 aliphatic heterocycles. The number of likely N-dealkylation sites (tertiary alicyclic amines) is 1. The van der Waals surface area contributed by atoms with Gasteiger partial charge in [0.2, 0.25) is 17.6 Å². The summed E-state index contributed by atoms with van der Waals surface area (Å²) in [4.78, 5) is 19.2. The van der Waals surface area contributed by atoms with Crippen LogP contribution >= 0.6 is 11.6 Å². The second-order valence-electron chi connectivity index (χ2n) is 6.71. The number of hydrogen-bond acceptors (Lipinski definition) is 5. The van der Waals surface area contributed by atoms with E-state index < -0.39 is 0 Å². The number of nitrogens with zero attached hydrogens (tertiary/aromatic N) is 3. The second-order valence-corrected chi connectivity index (χ2v) is 7.11. The molecule has 144 valence electrons. The molecule has 0 radical (unpaired) electrons. The molecular weight excluding hydrogens is 378 g/mol. The molecule has 1 saturated heterocycles. The highest BCUT2D eigenvalue weighted by atomic mass is 35.5. The third kappa shape index (κ3) is 3.73. The van der Waals surface area contributed by atoms with Crippen molar-refractivity contribution in [3.63, 3.8) is 0 Å². The molecule has 4 rings (SSSR count). The quantitative estimate of drug-likeness (QED) is 0.641. The lowest BCUT2D eigenvalue weighted by Gasteiger charge is -2.22. The summed E-state index contributed by atoms with van der Waals surface area (Å²) >= 11 is 6.22. The van der Waals surface area contributed by atoms with Gasteiger partial charge in [0.15, 0.2) is 0 Å². The van der Waals surface area contributed by atoms with Crippen molar-refractivity contribution in [3.05, 3.63) is 65.0 Å². The van der Waals surface area contributed by atoms with Gasteiger partial charge in [-0.25, -0.2) is 0 Å². The summed E-state index contributed by atoms with van der Waals surface area (Å²) in [5.41, 5.74) is 1.66. The molecule has 1 aliphatic rings. The molecule has 6 nitrogen and oxygen atoms in total. The number of ether oxygens (including phenoxy) is 1. The number of methoxy groups -OCH3 is 1. The van der Waals surface area contributed by atoms with E-state index in [0.717, 1.165) is 24.2 Å². The minimum absolute atomic E-state index is 0.0464. The Morgan fingerprint density at radius 3 is 2.79 bits per heavy atom. The molecule has 0 bridgehead atoms. The maximum atomic E-state index is 12.9. The Kier molecular flexibility index (Phi) is 5.30. The van der Waals surface area contributed by atoms with Crippen LogP contribution in [0.2, 0.25) is 5.02 Å². The standard InChI is InChI=1S/C21H20ClN3O3/c1-27-15-10-8-14(9-11-15)13-19(26)25-12-4-7-18(25)21-23-20(24-28-21)16-5-2-3-6-17(16)22/h2-3,5-6,8-11,18H,4,7,12-13H2,1H3. The molecule has 28 heavy (non-hydrogen) atoms. The number of hydrogen-bond donors (Lipinski definition) is 0. The van der Waals surface area contributed by atoms with Crippen molar-refractivity contribution in [2.45, 2.75) is 25.3 Å². The first-order valence-electron chi connectivity index (χ1n) is 9.16. The van der Waals surface area contributed by atoms with E-state index in [1.807, 2.05) is 47.4 Å². The van der Waals surface area contributed by atoms with Crippen LogP contribution < -0.4 is 4.74 Å². The number of benzene rings is 2. The zero-order chi connectivity index (χ0) is 19.5. The number of carbonyl (C=O) groups excluding carboxylic acids is 1. The molecule has 1 atom stereocenters. The van der Waals surface area contributed by atoms with Gasteiger partial charge in [-0.15, -0.1) is 0 Å². The van der Waals surface area contributed by atoms with Gasteiger partial charge in [0.05, 0.1) is 18.6 Å². The Morgan fingerprint density at radius 1 is 1.25 bits per heavy atom. The van der Waals surface area contributed by atoms with Crippen molar-refractivity contribution in [2.75, 3.05) is 13.7 Å². The number of rotatable bonds is 5. The summed E-state index contributed by atoms with van der Waals surface area (Å²) in [6.07, 6.45) is 2.04. The van der Waals surface area contributed by atoms with E-state index in [9.17, 15) is 4.79 Å². The first kappa shape index (κ1) is 18.5. The summed E-state index contributed by atoms with van der Waals surface area (Å²) in [6.45, 7) is 0.684. The summed E-state index contributed by atoms with van der Waals surface area (Å²) in [5.74, 6) is 1.71. The van der Waals surface area contributed by atoms with Gasteiger partial charge in [0.25, 0.3) is 0 Å². The van der Waals surface area contributed by atoms with Crippen LogP contribution in [-0.4, -0.2) is 34.6 Å². The molecule has 0 saturated carbocycles. The zero-order valence-electron chi connectivity index (χ0n) is 15.5. The predicted octanol–water partition coefficient (Wildman–Crippen LogP) is 4.30. The van der Waals surface area contributed by atoms with Gasteiger partial charge in [-0.3, -0.25) is 4.79 Å². The summed E-state index contributed by atoms with van der Waals surface area (Å²) < 4.78 is 10.7. The van der Waals surface area contributed by atoms with Crippen molar-refractivity contribution in [2.24, 2.45) is 0 Å². The monoisotopic (exact) mass is 397 g/mol. The van der Waals surface area contributed by atoms with E-state index in [4.69, 9.17) is 20.9 Å². The third-order valence-corrected chi connectivity index (χ3v) is 5.26. The highest BCUT2D eigenvalue weighted by Gasteiger charge is 2.34. The summed E-state index contributed by atoms with van der Waals surface area (Å²) in [6, 6.07) is 14.7. The van der Waals surface area contributed by atoms with Crippen molar-refractivity contribution in [1.82, 2.24) is 15.0 Å². The topological polar surface area (TPSA) is 68.5 Å². The second kappa shape index (κ2) is 8.02. The van der Waals surface area contributed by atoms with E-state index in [2.05, 4.69) is 10.1 Å². The molecule has 2 heterocycles. The first-order chi connectivity index (χ1) is 13.7. The van der Waals surface area contributed by atoms with E-state index in [1.54, 1.807) is 13.2 Å². The van der Waals surface area contributed by atoms with Crippen LogP contribution in [0.1, 0.15) is 30.3 Å². The van der Waals surface area contributed by atoms with Crippen molar-refractivity contribution in [1.29, 1.82) is 0 Å². The lowest BCUT2D eigenvalue weighted by atomic mass is 10.1. The van der Waals surface area contributed by atoms with Crippen LogP contribution in [0.5, 0.6) is 5.75 Å². The first-order valence-corrected chi connectivity index (χ1v) is 9.54. The maximum absolute atomic E-state index is 12.9. The molecule has 0 N–H and O–H groups in total. The van der Waals surface area contributed by atoms with Gasteiger partial charge in [-0.2, -0.15) is 4.98 Å². The number of halogens is 1. The molecule has 1 fully saturated rings. The number of carbonyl (C=O) groups is 1. The van der Waals surface area contributed by atoms with Gasteiger partial charge in [-0.1, -0.05) is 41.0 Å². The predicted molar refractivity (Wildman–Crippen MR) is 105 cm³/mol. The van der Waals surface area contributed by atoms with Crippen LogP contribution in [0.4, 0.5) is 0 Å². The van der Waals surface area contributed by atoms with Crippen molar-refractivity contribution >= 4 is 17.5 Å². The molecule has 1 unspecified atom stereocenters. The van der Waals surface area contributed by atoms with Gasteiger partial charge in [-0.05, 0) is 42.7 Å². The largest absolute Gasteiger partial charge is 0.497 e. The molecule has 3 aromatic rings. The fourth-order valence-electron chi connectivity index (χ4n) is 3.46. The van der Waals surface area contributed by atoms with E-state index in [-0.39, 0.29) is 11.9 Å². The Morgan fingerprint density at radius 2 is 2.04 bits per heavy atom. The lowest BCUT2D eigenvalue weighted by Crippen LogP contribution is -2.32. The minimum atomic E-state index is -0.200. The third-order valence-electron chi connectivity index (χ3n) is 4.93. The molecule has 0 aliphatic carbocycles. The SMILES string of the molecule is COc1ccc(CC(=O)N2CCCC2c2nc(-c3ccccc3Cl)no2)cc1. The zero-order valence-corrected chi connectivity index (χ0v) is 16.2. The smallest absolute Gasteiger partial charge is 0.249 e. The fraction of sp³-hybridized carbons (Fsp3) is 0.286.